The lowest BCUT2D eigenvalue weighted by Gasteiger charge is -2.27. The van der Waals surface area contributed by atoms with Crippen molar-refractivity contribution in [2.45, 2.75) is 59.5 Å². The second-order valence-electron chi connectivity index (χ2n) is 8.26. The molecule has 1 aromatic rings. The highest BCUT2D eigenvalue weighted by Crippen LogP contribution is 2.27. The number of hydrogen-bond acceptors (Lipinski definition) is 5. The number of carbonyl (C=O) groups excluding carboxylic acids is 4. The van der Waals surface area contributed by atoms with Crippen molar-refractivity contribution in [3.05, 3.63) is 35.4 Å². The standard InChI is InChI=1S/C22H30N2O5/c1-13(2)10-11-15(5)23-18(25)12-29-22(28)19(14(3)4)24-20(26)16-8-6-7-9-17(16)21(24)27/h6-9,13-15,19H,10-12H2,1-5H3,(H,23,25)/t15-,19-/m0/s1. The van der Waals surface area contributed by atoms with Gasteiger partial charge in [-0.15, -0.1) is 0 Å². The van der Waals surface area contributed by atoms with E-state index in [1.807, 2.05) is 6.92 Å². The van der Waals surface area contributed by atoms with E-state index in [9.17, 15) is 19.2 Å². The van der Waals surface area contributed by atoms with Gasteiger partial charge in [0.05, 0.1) is 11.1 Å². The van der Waals surface area contributed by atoms with E-state index in [4.69, 9.17) is 4.74 Å². The van der Waals surface area contributed by atoms with Crippen LogP contribution in [0.4, 0.5) is 0 Å². The molecule has 0 fully saturated rings. The van der Waals surface area contributed by atoms with Crippen LogP contribution in [-0.2, 0) is 14.3 Å². The summed E-state index contributed by atoms with van der Waals surface area (Å²) in [4.78, 5) is 51.1. The van der Waals surface area contributed by atoms with Crippen LogP contribution in [0.25, 0.3) is 0 Å². The van der Waals surface area contributed by atoms with Crippen LogP contribution in [0.2, 0.25) is 0 Å². The summed E-state index contributed by atoms with van der Waals surface area (Å²) in [5, 5.41) is 2.80. The fraction of sp³-hybridized carbons (Fsp3) is 0.545. The van der Waals surface area contributed by atoms with Gasteiger partial charge in [0.15, 0.2) is 6.61 Å². The van der Waals surface area contributed by atoms with Gasteiger partial charge < -0.3 is 10.1 Å². The van der Waals surface area contributed by atoms with Gasteiger partial charge in [-0.2, -0.15) is 0 Å². The quantitative estimate of drug-likeness (QED) is 0.506. The number of fused-ring (bicyclic) bond motifs is 1. The van der Waals surface area contributed by atoms with Crippen molar-refractivity contribution in [2.75, 3.05) is 6.61 Å². The van der Waals surface area contributed by atoms with Gasteiger partial charge in [-0.05, 0) is 43.7 Å². The van der Waals surface area contributed by atoms with Crippen molar-refractivity contribution in [3.63, 3.8) is 0 Å². The summed E-state index contributed by atoms with van der Waals surface area (Å²) < 4.78 is 5.16. The van der Waals surface area contributed by atoms with Crippen molar-refractivity contribution >= 4 is 23.7 Å². The van der Waals surface area contributed by atoms with Crippen LogP contribution in [0.15, 0.2) is 24.3 Å². The average molecular weight is 402 g/mol. The zero-order valence-corrected chi connectivity index (χ0v) is 17.7. The minimum Gasteiger partial charge on any atom is -0.454 e. The predicted molar refractivity (Wildman–Crippen MR) is 108 cm³/mol. The Balaban J connectivity index is 2.00. The van der Waals surface area contributed by atoms with Gasteiger partial charge in [-0.3, -0.25) is 19.3 Å². The molecule has 158 valence electrons. The fourth-order valence-electron chi connectivity index (χ4n) is 3.33. The summed E-state index contributed by atoms with van der Waals surface area (Å²) >= 11 is 0. The molecule has 2 rings (SSSR count). The number of nitrogens with one attached hydrogen (secondary N) is 1. The summed E-state index contributed by atoms with van der Waals surface area (Å²) in [6, 6.07) is 5.34. The summed E-state index contributed by atoms with van der Waals surface area (Å²) in [5.41, 5.74) is 0.542. The van der Waals surface area contributed by atoms with Crippen LogP contribution >= 0.6 is 0 Å². The molecule has 0 radical (unpaired) electrons. The monoisotopic (exact) mass is 402 g/mol. The van der Waals surface area contributed by atoms with E-state index in [1.165, 1.54) is 0 Å². The summed E-state index contributed by atoms with van der Waals surface area (Å²) in [7, 11) is 0. The molecule has 0 aliphatic carbocycles. The SMILES string of the molecule is CC(C)CC[C@H](C)NC(=O)COC(=O)[C@H](C(C)C)N1C(=O)c2ccccc2C1=O. The smallest absolute Gasteiger partial charge is 0.330 e. The van der Waals surface area contributed by atoms with Crippen LogP contribution in [0, 0.1) is 11.8 Å². The molecule has 0 aromatic heterocycles. The molecular weight excluding hydrogens is 372 g/mol. The van der Waals surface area contributed by atoms with Gasteiger partial charge in [-0.1, -0.05) is 39.8 Å². The molecule has 0 saturated heterocycles. The highest BCUT2D eigenvalue weighted by molar-refractivity contribution is 6.22. The highest BCUT2D eigenvalue weighted by Gasteiger charge is 2.44. The van der Waals surface area contributed by atoms with E-state index in [2.05, 4.69) is 19.2 Å². The molecule has 2 atom stereocenters. The third-order valence-electron chi connectivity index (χ3n) is 4.91. The molecule has 29 heavy (non-hydrogen) atoms. The van der Waals surface area contributed by atoms with Crippen molar-refractivity contribution in [1.82, 2.24) is 10.2 Å². The van der Waals surface area contributed by atoms with E-state index in [0.717, 1.165) is 17.7 Å². The number of benzene rings is 1. The Morgan fingerprint density at radius 1 is 0.966 bits per heavy atom. The number of imide groups is 1. The third kappa shape index (κ3) is 5.43. The summed E-state index contributed by atoms with van der Waals surface area (Å²) in [5.74, 6) is -2.03. The first kappa shape index (κ1) is 22.6. The van der Waals surface area contributed by atoms with Crippen LogP contribution < -0.4 is 5.32 Å². The number of esters is 1. The molecule has 0 saturated carbocycles. The van der Waals surface area contributed by atoms with E-state index < -0.39 is 36.3 Å². The first-order valence-electron chi connectivity index (χ1n) is 10.1. The molecule has 7 nitrogen and oxygen atoms in total. The predicted octanol–water partition coefficient (Wildman–Crippen LogP) is 2.79. The molecule has 1 aromatic carbocycles. The normalized spacial score (nSPS) is 15.5. The zero-order chi connectivity index (χ0) is 21.7. The van der Waals surface area contributed by atoms with E-state index >= 15 is 0 Å². The topological polar surface area (TPSA) is 92.8 Å². The Hall–Kier alpha value is -2.70. The molecule has 1 heterocycles. The first-order valence-corrected chi connectivity index (χ1v) is 10.1. The Morgan fingerprint density at radius 3 is 2.00 bits per heavy atom. The third-order valence-corrected chi connectivity index (χ3v) is 4.91. The molecule has 1 aliphatic rings. The number of nitrogens with zero attached hydrogens (tertiary/aromatic N) is 1. The second-order valence-corrected chi connectivity index (χ2v) is 8.26. The number of ether oxygens (including phenoxy) is 1. The number of amides is 3. The van der Waals surface area contributed by atoms with Gasteiger partial charge in [0.25, 0.3) is 17.7 Å². The molecular formula is C22H30N2O5. The average Bonchev–Trinajstić information content (AvgIpc) is 2.90. The zero-order valence-electron chi connectivity index (χ0n) is 17.7. The van der Waals surface area contributed by atoms with E-state index in [-0.39, 0.29) is 23.1 Å². The molecule has 3 amide bonds. The molecule has 0 spiro atoms. The van der Waals surface area contributed by atoms with Crippen molar-refractivity contribution in [3.8, 4) is 0 Å². The fourth-order valence-corrected chi connectivity index (χ4v) is 3.33. The van der Waals surface area contributed by atoms with E-state index in [0.29, 0.717) is 5.92 Å². The summed E-state index contributed by atoms with van der Waals surface area (Å²) in [6.45, 7) is 9.13. The van der Waals surface area contributed by atoms with Crippen LogP contribution in [-0.4, -0.2) is 47.3 Å². The van der Waals surface area contributed by atoms with Crippen LogP contribution in [0.5, 0.6) is 0 Å². The minimum absolute atomic E-state index is 0.0271. The Morgan fingerprint density at radius 2 is 1.52 bits per heavy atom. The molecule has 0 bridgehead atoms. The Bertz CT molecular complexity index is 752. The number of hydrogen-bond donors (Lipinski definition) is 1. The van der Waals surface area contributed by atoms with Gasteiger partial charge in [0, 0.05) is 6.04 Å². The lowest BCUT2D eigenvalue weighted by Crippen LogP contribution is -2.49. The minimum atomic E-state index is -1.09. The van der Waals surface area contributed by atoms with E-state index in [1.54, 1.807) is 38.1 Å². The lowest BCUT2D eigenvalue weighted by atomic mass is 10.0. The maximum atomic E-state index is 12.7. The Kier molecular flexibility index (Phi) is 7.53. The highest BCUT2D eigenvalue weighted by atomic mass is 16.5. The van der Waals surface area contributed by atoms with Crippen molar-refractivity contribution in [1.29, 1.82) is 0 Å². The first-order chi connectivity index (χ1) is 13.6. The van der Waals surface area contributed by atoms with Crippen molar-refractivity contribution < 1.29 is 23.9 Å². The largest absolute Gasteiger partial charge is 0.454 e. The number of rotatable bonds is 9. The van der Waals surface area contributed by atoms with Gasteiger partial charge in [0.2, 0.25) is 0 Å². The van der Waals surface area contributed by atoms with Gasteiger partial charge in [0.1, 0.15) is 6.04 Å². The maximum absolute atomic E-state index is 12.7. The molecule has 0 unspecified atom stereocenters. The summed E-state index contributed by atoms with van der Waals surface area (Å²) in [6.07, 6.45) is 1.82. The van der Waals surface area contributed by atoms with Crippen LogP contribution in [0.3, 0.4) is 0 Å². The van der Waals surface area contributed by atoms with Crippen LogP contribution in [0.1, 0.15) is 68.2 Å². The van der Waals surface area contributed by atoms with Crippen molar-refractivity contribution in [2.24, 2.45) is 11.8 Å². The molecule has 1 aliphatic heterocycles. The molecule has 7 heteroatoms. The Labute approximate surface area is 171 Å². The van der Waals surface area contributed by atoms with Gasteiger partial charge in [-0.25, -0.2) is 4.79 Å². The van der Waals surface area contributed by atoms with Gasteiger partial charge >= 0.3 is 5.97 Å². The maximum Gasteiger partial charge on any atom is 0.330 e. The second kappa shape index (κ2) is 9.67. The lowest BCUT2D eigenvalue weighted by molar-refractivity contribution is -0.153. The number of carbonyl (C=O) groups is 4. The molecule has 1 N–H and O–H groups in total.